The van der Waals surface area contributed by atoms with Crippen LogP contribution in [0.15, 0.2) is 59.0 Å². The van der Waals surface area contributed by atoms with Gasteiger partial charge < -0.3 is 14.6 Å². The van der Waals surface area contributed by atoms with E-state index in [1.165, 1.54) is 14.2 Å². The van der Waals surface area contributed by atoms with Crippen molar-refractivity contribution >= 4 is 22.2 Å². The lowest BCUT2D eigenvalue weighted by Gasteiger charge is -2.32. The fraction of sp³-hybridized carbons (Fsp3) is 0.238. The van der Waals surface area contributed by atoms with E-state index in [1.54, 1.807) is 35.7 Å². The fourth-order valence-corrected chi connectivity index (χ4v) is 4.11. The fourth-order valence-electron chi connectivity index (χ4n) is 3.26. The van der Waals surface area contributed by atoms with Gasteiger partial charge >= 0.3 is 6.18 Å². The number of benzene rings is 2. The van der Waals surface area contributed by atoms with E-state index in [2.05, 4.69) is 10.1 Å². The number of rotatable bonds is 5. The second-order valence-electron chi connectivity index (χ2n) is 6.80. The van der Waals surface area contributed by atoms with Crippen molar-refractivity contribution in [1.29, 1.82) is 0 Å². The van der Waals surface area contributed by atoms with E-state index in [1.807, 2.05) is 18.2 Å². The molecule has 0 radical (unpaired) electrons. The molecule has 0 amide bonds. The molecule has 1 N–H and O–H groups in total. The molecule has 0 saturated heterocycles. The number of hydrogen-bond donors (Lipinski definition) is 1. The summed E-state index contributed by atoms with van der Waals surface area (Å²) in [7, 11) is 2.87. The van der Waals surface area contributed by atoms with E-state index in [9.17, 15) is 18.3 Å². The van der Waals surface area contributed by atoms with E-state index in [0.29, 0.717) is 22.0 Å². The van der Waals surface area contributed by atoms with Crippen LogP contribution in [0.5, 0.6) is 11.5 Å². The lowest BCUT2D eigenvalue weighted by Crippen LogP contribution is -2.55. The maximum Gasteiger partial charge on any atom is 0.438 e. The van der Waals surface area contributed by atoms with E-state index >= 15 is 0 Å². The molecule has 0 aliphatic carbocycles. The molecule has 2 aromatic carbocycles. The van der Waals surface area contributed by atoms with Crippen LogP contribution < -0.4 is 14.5 Å². The lowest BCUT2D eigenvalue weighted by molar-refractivity contribution is -0.254. The van der Waals surface area contributed by atoms with Crippen LogP contribution in [-0.2, 0) is 0 Å². The maximum atomic E-state index is 14.0. The molecule has 4 rings (SSSR count). The van der Waals surface area contributed by atoms with Gasteiger partial charge in [-0.1, -0.05) is 30.3 Å². The minimum atomic E-state index is -4.98. The van der Waals surface area contributed by atoms with Gasteiger partial charge in [0, 0.05) is 22.6 Å². The molecule has 0 saturated carbocycles. The standard InChI is InChI=1S/C21H18F3N3O3S/c1-29-14-8-9-15(18(10-14)30-2)16-11-20(28,21(22,23)24)27(26-16)19-25-17(12-31-19)13-6-4-3-5-7-13/h3-10,12,28H,11H2,1-2H3/t20-/m1/s1. The summed E-state index contributed by atoms with van der Waals surface area (Å²) >= 11 is 0.970. The number of thiazole rings is 1. The summed E-state index contributed by atoms with van der Waals surface area (Å²) in [5.74, 6) is 0.767. The molecule has 1 aliphatic rings. The Hall–Kier alpha value is -3.11. The van der Waals surface area contributed by atoms with Crippen molar-refractivity contribution in [3.63, 3.8) is 0 Å². The first-order valence-corrected chi connectivity index (χ1v) is 10.0. The van der Waals surface area contributed by atoms with Crippen molar-refractivity contribution < 1.29 is 27.8 Å². The predicted octanol–water partition coefficient (Wildman–Crippen LogP) is 4.69. The molecule has 10 heteroatoms. The number of aliphatic hydroxyl groups is 1. The number of nitrogens with zero attached hydrogens (tertiary/aromatic N) is 3. The van der Waals surface area contributed by atoms with Gasteiger partial charge in [0.25, 0.3) is 5.72 Å². The van der Waals surface area contributed by atoms with Crippen molar-refractivity contribution in [1.82, 2.24) is 4.98 Å². The van der Waals surface area contributed by atoms with Crippen LogP contribution in [0.4, 0.5) is 18.3 Å². The number of aromatic nitrogens is 1. The molecular weight excluding hydrogens is 431 g/mol. The highest BCUT2D eigenvalue weighted by atomic mass is 32.1. The Balaban J connectivity index is 1.78. The number of alkyl halides is 3. The zero-order valence-corrected chi connectivity index (χ0v) is 17.4. The van der Waals surface area contributed by atoms with Gasteiger partial charge in [0.15, 0.2) is 0 Å². The lowest BCUT2D eigenvalue weighted by atomic mass is 10.00. The normalized spacial score (nSPS) is 18.8. The van der Waals surface area contributed by atoms with Gasteiger partial charge in [-0.25, -0.2) is 4.98 Å². The number of methoxy groups -OCH3 is 2. The summed E-state index contributed by atoms with van der Waals surface area (Å²) in [6.07, 6.45) is -5.75. The Labute approximate surface area is 180 Å². The molecule has 1 atom stereocenters. The van der Waals surface area contributed by atoms with Gasteiger partial charge in [0.1, 0.15) is 11.5 Å². The summed E-state index contributed by atoms with van der Waals surface area (Å²) in [6, 6.07) is 13.7. The average molecular weight is 449 g/mol. The minimum absolute atomic E-state index is 0.0239. The third-order valence-corrected chi connectivity index (χ3v) is 5.72. The van der Waals surface area contributed by atoms with Crippen LogP contribution >= 0.6 is 11.3 Å². The highest BCUT2D eigenvalue weighted by molar-refractivity contribution is 7.14. The molecule has 0 bridgehead atoms. The highest BCUT2D eigenvalue weighted by Gasteiger charge is 2.62. The summed E-state index contributed by atoms with van der Waals surface area (Å²) < 4.78 is 52.3. The summed E-state index contributed by atoms with van der Waals surface area (Å²) in [5.41, 5.74) is -1.64. The Morgan fingerprint density at radius 3 is 2.48 bits per heavy atom. The third-order valence-electron chi connectivity index (χ3n) is 4.90. The number of halogens is 3. The molecule has 1 aromatic heterocycles. The van der Waals surface area contributed by atoms with Crippen LogP contribution in [0.25, 0.3) is 11.3 Å². The predicted molar refractivity (Wildman–Crippen MR) is 112 cm³/mol. The van der Waals surface area contributed by atoms with Crippen molar-refractivity contribution in [2.45, 2.75) is 18.3 Å². The zero-order chi connectivity index (χ0) is 22.2. The third kappa shape index (κ3) is 3.72. The molecule has 3 aromatic rings. The Morgan fingerprint density at radius 1 is 1.10 bits per heavy atom. The number of hydrazone groups is 1. The molecule has 2 heterocycles. The van der Waals surface area contributed by atoms with Crippen molar-refractivity contribution in [2.24, 2.45) is 5.10 Å². The zero-order valence-electron chi connectivity index (χ0n) is 16.6. The summed E-state index contributed by atoms with van der Waals surface area (Å²) in [6.45, 7) is 0. The van der Waals surface area contributed by atoms with Crippen LogP contribution in [0.1, 0.15) is 12.0 Å². The molecule has 0 unspecified atom stereocenters. The first-order valence-electron chi connectivity index (χ1n) is 9.17. The molecule has 0 fully saturated rings. The first kappa shape index (κ1) is 21.1. The largest absolute Gasteiger partial charge is 0.497 e. The molecule has 162 valence electrons. The van der Waals surface area contributed by atoms with Crippen LogP contribution in [0, 0.1) is 0 Å². The number of anilines is 1. The molecular formula is C21H18F3N3O3S. The topological polar surface area (TPSA) is 67.2 Å². The van der Waals surface area contributed by atoms with E-state index in [-0.39, 0.29) is 16.6 Å². The molecule has 6 nitrogen and oxygen atoms in total. The van der Waals surface area contributed by atoms with E-state index in [4.69, 9.17) is 9.47 Å². The quantitative estimate of drug-likeness (QED) is 0.612. The molecule has 1 aliphatic heterocycles. The number of ether oxygens (including phenoxy) is 2. The van der Waals surface area contributed by atoms with Gasteiger partial charge in [-0.05, 0) is 12.1 Å². The Bertz CT molecular complexity index is 1120. The van der Waals surface area contributed by atoms with Gasteiger partial charge in [-0.2, -0.15) is 23.3 Å². The Kier molecular flexibility index (Phi) is 5.36. The van der Waals surface area contributed by atoms with Gasteiger partial charge in [0.2, 0.25) is 5.13 Å². The minimum Gasteiger partial charge on any atom is -0.497 e. The number of hydrogen-bond acceptors (Lipinski definition) is 7. The van der Waals surface area contributed by atoms with Crippen LogP contribution in [0.2, 0.25) is 0 Å². The van der Waals surface area contributed by atoms with Gasteiger partial charge in [-0.3, -0.25) is 0 Å². The first-order chi connectivity index (χ1) is 14.8. The van der Waals surface area contributed by atoms with Gasteiger partial charge in [-0.15, -0.1) is 11.3 Å². The van der Waals surface area contributed by atoms with E-state index in [0.717, 1.165) is 16.9 Å². The summed E-state index contributed by atoms with van der Waals surface area (Å²) in [5, 5.41) is 16.9. The van der Waals surface area contributed by atoms with Crippen LogP contribution in [0.3, 0.4) is 0 Å². The summed E-state index contributed by atoms with van der Waals surface area (Å²) in [4.78, 5) is 4.30. The van der Waals surface area contributed by atoms with Crippen molar-refractivity contribution in [3.05, 3.63) is 59.5 Å². The maximum absolute atomic E-state index is 14.0. The van der Waals surface area contributed by atoms with Crippen molar-refractivity contribution in [3.8, 4) is 22.8 Å². The van der Waals surface area contributed by atoms with E-state index < -0.39 is 18.3 Å². The highest BCUT2D eigenvalue weighted by Crippen LogP contribution is 2.46. The molecule has 31 heavy (non-hydrogen) atoms. The van der Waals surface area contributed by atoms with Crippen molar-refractivity contribution in [2.75, 3.05) is 19.2 Å². The second kappa shape index (κ2) is 7.86. The van der Waals surface area contributed by atoms with Gasteiger partial charge in [0.05, 0.1) is 32.0 Å². The van der Waals surface area contributed by atoms with Crippen LogP contribution in [-0.4, -0.2) is 41.9 Å². The smallest absolute Gasteiger partial charge is 0.438 e. The average Bonchev–Trinajstić information content (AvgIpc) is 3.39. The Morgan fingerprint density at radius 2 is 1.84 bits per heavy atom. The second-order valence-corrected chi connectivity index (χ2v) is 7.63. The molecule has 0 spiro atoms. The monoisotopic (exact) mass is 449 g/mol. The SMILES string of the molecule is COc1ccc(C2=NN(c3nc(-c4ccccc4)cs3)[C@](O)(C(F)(F)F)C2)c(OC)c1.